The molecule has 1 aromatic carbocycles. The highest BCUT2D eigenvalue weighted by molar-refractivity contribution is 9.10. The lowest BCUT2D eigenvalue weighted by Crippen LogP contribution is -2.15. The maximum absolute atomic E-state index is 11.6. The molecule has 0 aliphatic carbocycles. The molecule has 1 heterocycles. The van der Waals surface area contributed by atoms with Gasteiger partial charge in [0, 0.05) is 4.47 Å². The number of rotatable bonds is 1. The van der Waals surface area contributed by atoms with Gasteiger partial charge in [0.2, 0.25) is 5.88 Å². The highest BCUT2D eigenvalue weighted by Gasteiger charge is 2.10. The predicted octanol–water partition coefficient (Wildman–Crippen LogP) is 2.25. The molecule has 5 heteroatoms. The van der Waals surface area contributed by atoms with E-state index in [-0.39, 0.29) is 11.6 Å². The van der Waals surface area contributed by atoms with Gasteiger partial charge in [0.25, 0.3) is 0 Å². The number of imidazole rings is 1. The Bertz CT molecular complexity index is 599. The fourth-order valence-electron chi connectivity index (χ4n) is 1.58. The van der Waals surface area contributed by atoms with Crippen molar-refractivity contribution in [2.45, 2.75) is 13.8 Å². The number of aromatic hydroxyl groups is 1. The molecule has 0 amide bonds. The van der Waals surface area contributed by atoms with Crippen molar-refractivity contribution in [1.29, 1.82) is 0 Å². The largest absolute Gasteiger partial charge is 0.493 e. The second-order valence-corrected chi connectivity index (χ2v) is 4.49. The first-order valence-electron chi connectivity index (χ1n) is 4.78. The number of aromatic amines is 1. The molecular weight excluding hydrogens is 272 g/mol. The Morgan fingerprint density at radius 2 is 2.06 bits per heavy atom. The summed E-state index contributed by atoms with van der Waals surface area (Å²) in [5.41, 5.74) is 1.94. The Morgan fingerprint density at radius 1 is 1.38 bits per heavy atom. The van der Waals surface area contributed by atoms with Gasteiger partial charge in [-0.2, -0.15) is 0 Å². The molecule has 0 atom stereocenters. The van der Waals surface area contributed by atoms with Gasteiger partial charge in [-0.1, -0.05) is 15.9 Å². The summed E-state index contributed by atoms with van der Waals surface area (Å²) in [6.07, 6.45) is 0. The molecule has 0 spiro atoms. The van der Waals surface area contributed by atoms with Crippen LogP contribution in [0, 0.1) is 13.8 Å². The van der Waals surface area contributed by atoms with Crippen molar-refractivity contribution >= 4 is 15.9 Å². The molecule has 0 unspecified atom stereocenters. The highest BCUT2D eigenvalue weighted by atomic mass is 79.9. The zero-order chi connectivity index (χ0) is 11.9. The predicted molar refractivity (Wildman–Crippen MR) is 65.2 cm³/mol. The molecular formula is C11H11BrN2O2. The Kier molecular flexibility index (Phi) is 2.63. The second-order valence-electron chi connectivity index (χ2n) is 3.63. The van der Waals surface area contributed by atoms with Crippen LogP contribution in [0.5, 0.6) is 5.88 Å². The molecule has 16 heavy (non-hydrogen) atoms. The summed E-state index contributed by atoms with van der Waals surface area (Å²) in [6, 6.07) is 5.57. The second kappa shape index (κ2) is 3.83. The van der Waals surface area contributed by atoms with Crippen LogP contribution in [0.25, 0.3) is 5.69 Å². The van der Waals surface area contributed by atoms with Crippen LogP contribution in [0.15, 0.2) is 27.5 Å². The zero-order valence-corrected chi connectivity index (χ0v) is 10.5. The zero-order valence-electron chi connectivity index (χ0n) is 8.91. The fraction of sp³-hybridized carbons (Fsp3) is 0.182. The van der Waals surface area contributed by atoms with Crippen LogP contribution in [-0.2, 0) is 0 Å². The molecule has 0 saturated heterocycles. The number of hydrogen-bond acceptors (Lipinski definition) is 2. The Hall–Kier alpha value is -1.49. The molecule has 0 saturated carbocycles. The van der Waals surface area contributed by atoms with E-state index in [2.05, 4.69) is 20.9 Å². The molecule has 0 bridgehead atoms. The molecule has 84 valence electrons. The van der Waals surface area contributed by atoms with E-state index in [0.717, 1.165) is 15.7 Å². The van der Waals surface area contributed by atoms with Gasteiger partial charge in [0.05, 0.1) is 11.4 Å². The number of aromatic nitrogens is 2. The van der Waals surface area contributed by atoms with Gasteiger partial charge in [0.15, 0.2) is 0 Å². The minimum atomic E-state index is -0.336. The third kappa shape index (κ3) is 1.67. The SMILES string of the molecule is Cc1cc(-n2c(C)c(O)[nH]c2=O)ccc1Br. The van der Waals surface area contributed by atoms with E-state index in [9.17, 15) is 9.90 Å². The number of halogens is 1. The summed E-state index contributed by atoms with van der Waals surface area (Å²) in [6.45, 7) is 3.63. The van der Waals surface area contributed by atoms with Crippen molar-refractivity contribution in [1.82, 2.24) is 9.55 Å². The van der Waals surface area contributed by atoms with Crippen molar-refractivity contribution in [2.24, 2.45) is 0 Å². The number of nitrogens with zero attached hydrogens (tertiary/aromatic N) is 1. The quantitative estimate of drug-likeness (QED) is 0.843. The van der Waals surface area contributed by atoms with Gasteiger partial charge < -0.3 is 5.11 Å². The Labute approximate surface area is 101 Å². The lowest BCUT2D eigenvalue weighted by molar-refractivity contribution is 0.451. The molecule has 2 rings (SSSR count). The summed E-state index contributed by atoms with van der Waals surface area (Å²) in [5, 5.41) is 9.42. The number of benzene rings is 1. The minimum absolute atomic E-state index is 0.0921. The van der Waals surface area contributed by atoms with Crippen LogP contribution in [-0.4, -0.2) is 14.7 Å². The molecule has 0 aliphatic heterocycles. The summed E-state index contributed by atoms with van der Waals surface area (Å²) >= 11 is 3.40. The first-order valence-corrected chi connectivity index (χ1v) is 5.57. The lowest BCUT2D eigenvalue weighted by atomic mass is 10.2. The lowest BCUT2D eigenvalue weighted by Gasteiger charge is -2.06. The Balaban J connectivity index is 2.68. The van der Waals surface area contributed by atoms with Crippen molar-refractivity contribution in [2.75, 3.05) is 0 Å². The summed E-state index contributed by atoms with van der Waals surface area (Å²) in [4.78, 5) is 14.0. The van der Waals surface area contributed by atoms with E-state index in [0.29, 0.717) is 5.69 Å². The van der Waals surface area contributed by atoms with Crippen LogP contribution < -0.4 is 5.69 Å². The maximum Gasteiger partial charge on any atom is 0.333 e. The third-order valence-corrected chi connectivity index (χ3v) is 3.40. The molecule has 2 aromatic rings. The van der Waals surface area contributed by atoms with Crippen molar-refractivity contribution in [3.05, 3.63) is 44.4 Å². The third-order valence-electron chi connectivity index (χ3n) is 2.51. The van der Waals surface area contributed by atoms with E-state index in [4.69, 9.17) is 0 Å². The molecule has 0 aliphatic rings. The average molecular weight is 283 g/mol. The van der Waals surface area contributed by atoms with E-state index >= 15 is 0 Å². The first-order chi connectivity index (χ1) is 7.50. The maximum atomic E-state index is 11.6. The van der Waals surface area contributed by atoms with Gasteiger partial charge in [0.1, 0.15) is 0 Å². The monoisotopic (exact) mass is 282 g/mol. The van der Waals surface area contributed by atoms with E-state index in [1.807, 2.05) is 25.1 Å². The van der Waals surface area contributed by atoms with Crippen LogP contribution in [0.4, 0.5) is 0 Å². The van der Waals surface area contributed by atoms with Gasteiger partial charge in [-0.25, -0.2) is 4.79 Å². The highest BCUT2D eigenvalue weighted by Crippen LogP contribution is 2.21. The number of aryl methyl sites for hydroxylation is 1. The smallest absolute Gasteiger partial charge is 0.333 e. The molecule has 1 aromatic heterocycles. The summed E-state index contributed by atoms with van der Waals surface area (Å²) in [7, 11) is 0. The van der Waals surface area contributed by atoms with Crippen LogP contribution in [0.3, 0.4) is 0 Å². The molecule has 0 radical (unpaired) electrons. The minimum Gasteiger partial charge on any atom is -0.493 e. The van der Waals surface area contributed by atoms with E-state index < -0.39 is 0 Å². The molecule has 0 fully saturated rings. The van der Waals surface area contributed by atoms with Crippen molar-refractivity contribution in [3.63, 3.8) is 0 Å². The van der Waals surface area contributed by atoms with E-state index in [1.54, 1.807) is 6.92 Å². The normalized spacial score (nSPS) is 10.7. The topological polar surface area (TPSA) is 58.0 Å². The van der Waals surface area contributed by atoms with Gasteiger partial charge in [-0.3, -0.25) is 9.55 Å². The van der Waals surface area contributed by atoms with Gasteiger partial charge in [-0.15, -0.1) is 0 Å². The summed E-state index contributed by atoms with van der Waals surface area (Å²) in [5.74, 6) is -0.0921. The standard InChI is InChI=1S/C11H11BrN2O2/c1-6-5-8(3-4-9(6)12)14-7(2)10(15)13-11(14)16/h3-5,15H,1-2H3,(H,13,16). The van der Waals surface area contributed by atoms with Gasteiger partial charge in [-0.05, 0) is 37.6 Å². The van der Waals surface area contributed by atoms with Gasteiger partial charge >= 0.3 is 5.69 Å². The molecule has 2 N–H and O–H groups in total. The average Bonchev–Trinajstić information content (AvgIpc) is 2.47. The number of hydrogen-bond donors (Lipinski definition) is 2. The Morgan fingerprint density at radius 3 is 2.56 bits per heavy atom. The first kappa shape index (κ1) is 11.0. The molecule has 4 nitrogen and oxygen atoms in total. The van der Waals surface area contributed by atoms with Crippen molar-refractivity contribution < 1.29 is 5.11 Å². The number of H-pyrrole nitrogens is 1. The fourth-order valence-corrected chi connectivity index (χ4v) is 1.83. The van der Waals surface area contributed by atoms with Crippen molar-refractivity contribution in [3.8, 4) is 11.6 Å². The van der Waals surface area contributed by atoms with Crippen LogP contribution in [0.1, 0.15) is 11.3 Å². The van der Waals surface area contributed by atoms with Crippen LogP contribution in [0.2, 0.25) is 0 Å². The van der Waals surface area contributed by atoms with E-state index in [1.165, 1.54) is 4.57 Å². The van der Waals surface area contributed by atoms with Crippen LogP contribution >= 0.6 is 15.9 Å². The summed E-state index contributed by atoms with van der Waals surface area (Å²) < 4.78 is 2.43. The number of nitrogens with one attached hydrogen (secondary N) is 1.